The topological polar surface area (TPSA) is 34.6 Å². The van der Waals surface area contributed by atoms with Gasteiger partial charge in [0.25, 0.3) is 0 Å². The molecular formula is C17H20N2O2. The van der Waals surface area contributed by atoms with Gasteiger partial charge in [-0.25, -0.2) is 0 Å². The second kappa shape index (κ2) is 6.59. The average molecular weight is 284 g/mol. The molecule has 0 unspecified atom stereocenters. The Hall–Kier alpha value is -2.07. The van der Waals surface area contributed by atoms with Crippen LogP contribution in [-0.2, 0) is 6.54 Å². The lowest BCUT2D eigenvalue weighted by Gasteiger charge is -2.17. The van der Waals surface area contributed by atoms with Crippen molar-refractivity contribution in [2.24, 2.45) is 0 Å². The van der Waals surface area contributed by atoms with Crippen molar-refractivity contribution < 1.29 is 9.47 Å². The Morgan fingerprint density at radius 2 is 2.05 bits per heavy atom. The first kappa shape index (κ1) is 13.9. The highest BCUT2D eigenvalue weighted by molar-refractivity contribution is 5.28. The molecule has 1 fully saturated rings. The van der Waals surface area contributed by atoms with Gasteiger partial charge in [-0.3, -0.25) is 9.88 Å². The van der Waals surface area contributed by atoms with E-state index in [9.17, 15) is 0 Å². The van der Waals surface area contributed by atoms with E-state index in [0.717, 1.165) is 37.6 Å². The van der Waals surface area contributed by atoms with Gasteiger partial charge >= 0.3 is 0 Å². The highest BCUT2D eigenvalue weighted by Gasteiger charge is 2.23. The Balaban J connectivity index is 1.54. The Bertz CT molecular complexity index is 574. The van der Waals surface area contributed by atoms with Gasteiger partial charge in [-0.05, 0) is 36.2 Å². The third-order valence-corrected chi connectivity index (χ3v) is 3.72. The van der Waals surface area contributed by atoms with Crippen LogP contribution in [0.15, 0.2) is 48.8 Å². The van der Waals surface area contributed by atoms with E-state index in [2.05, 4.69) is 22.0 Å². The molecule has 0 aliphatic carbocycles. The van der Waals surface area contributed by atoms with E-state index >= 15 is 0 Å². The van der Waals surface area contributed by atoms with Gasteiger partial charge in [0.2, 0.25) is 0 Å². The third-order valence-electron chi connectivity index (χ3n) is 3.72. The van der Waals surface area contributed by atoms with E-state index in [0.29, 0.717) is 0 Å². The Morgan fingerprint density at radius 1 is 1.19 bits per heavy atom. The van der Waals surface area contributed by atoms with Crippen molar-refractivity contribution in [3.63, 3.8) is 0 Å². The molecule has 1 atom stereocenters. The molecule has 0 bridgehead atoms. The maximum Gasteiger partial charge on any atom is 0.122 e. The minimum atomic E-state index is 0.262. The molecule has 110 valence electrons. The van der Waals surface area contributed by atoms with E-state index in [1.165, 1.54) is 5.56 Å². The molecule has 1 aromatic heterocycles. The van der Waals surface area contributed by atoms with E-state index in [1.807, 2.05) is 24.3 Å². The molecule has 2 aromatic rings. The predicted octanol–water partition coefficient (Wildman–Crippen LogP) is 2.74. The van der Waals surface area contributed by atoms with Crippen molar-refractivity contribution >= 4 is 0 Å². The van der Waals surface area contributed by atoms with Crippen LogP contribution >= 0.6 is 0 Å². The molecule has 2 heterocycles. The minimum Gasteiger partial charge on any atom is -0.497 e. The molecule has 0 spiro atoms. The normalized spacial score (nSPS) is 18.6. The van der Waals surface area contributed by atoms with Crippen LogP contribution in [0.25, 0.3) is 0 Å². The number of rotatable bonds is 5. The number of hydrogen-bond donors (Lipinski definition) is 0. The lowest BCUT2D eigenvalue weighted by Crippen LogP contribution is -2.24. The quantitative estimate of drug-likeness (QED) is 0.845. The second-order valence-electron chi connectivity index (χ2n) is 5.30. The van der Waals surface area contributed by atoms with E-state index in [4.69, 9.17) is 9.47 Å². The lowest BCUT2D eigenvalue weighted by atomic mass is 10.2. The highest BCUT2D eigenvalue weighted by atomic mass is 16.5. The highest BCUT2D eigenvalue weighted by Crippen LogP contribution is 2.20. The van der Waals surface area contributed by atoms with Crippen molar-refractivity contribution in [2.75, 3.05) is 20.2 Å². The van der Waals surface area contributed by atoms with Crippen molar-refractivity contribution in [3.05, 3.63) is 54.4 Å². The van der Waals surface area contributed by atoms with Crippen LogP contribution in [0, 0.1) is 0 Å². The van der Waals surface area contributed by atoms with E-state index in [1.54, 1.807) is 19.5 Å². The summed E-state index contributed by atoms with van der Waals surface area (Å²) in [5.41, 5.74) is 1.28. The summed E-state index contributed by atoms with van der Waals surface area (Å²) in [6.45, 7) is 2.96. The zero-order valence-corrected chi connectivity index (χ0v) is 12.2. The van der Waals surface area contributed by atoms with Gasteiger partial charge in [0.05, 0.1) is 7.11 Å². The summed E-state index contributed by atoms with van der Waals surface area (Å²) < 4.78 is 11.3. The SMILES string of the molecule is COc1cccc(CN2CC[C@H](Oc3ccncc3)C2)c1. The maximum atomic E-state index is 5.98. The number of pyridine rings is 1. The second-order valence-corrected chi connectivity index (χ2v) is 5.30. The van der Waals surface area contributed by atoms with Crippen LogP contribution < -0.4 is 9.47 Å². The van der Waals surface area contributed by atoms with Gasteiger partial charge in [0, 0.05) is 32.0 Å². The minimum absolute atomic E-state index is 0.262. The fourth-order valence-corrected chi connectivity index (χ4v) is 2.68. The molecule has 1 aromatic carbocycles. The van der Waals surface area contributed by atoms with Gasteiger partial charge in [-0.15, -0.1) is 0 Å². The zero-order chi connectivity index (χ0) is 14.5. The third kappa shape index (κ3) is 3.73. The van der Waals surface area contributed by atoms with E-state index < -0.39 is 0 Å². The Kier molecular flexibility index (Phi) is 4.36. The molecule has 4 heteroatoms. The van der Waals surface area contributed by atoms with Gasteiger partial charge in [0.1, 0.15) is 17.6 Å². The van der Waals surface area contributed by atoms with Crippen LogP contribution in [0.3, 0.4) is 0 Å². The van der Waals surface area contributed by atoms with Crippen LogP contribution in [0.4, 0.5) is 0 Å². The first-order chi connectivity index (χ1) is 10.3. The van der Waals surface area contributed by atoms with Crippen LogP contribution in [0.2, 0.25) is 0 Å². The Morgan fingerprint density at radius 3 is 2.86 bits per heavy atom. The number of nitrogens with zero attached hydrogens (tertiary/aromatic N) is 2. The molecule has 1 aliphatic rings. The molecule has 0 N–H and O–H groups in total. The summed E-state index contributed by atoms with van der Waals surface area (Å²) in [5.74, 6) is 1.81. The molecule has 4 nitrogen and oxygen atoms in total. The van der Waals surface area contributed by atoms with Crippen molar-refractivity contribution in [1.29, 1.82) is 0 Å². The monoisotopic (exact) mass is 284 g/mol. The van der Waals surface area contributed by atoms with Crippen LogP contribution in [0.5, 0.6) is 11.5 Å². The molecule has 0 radical (unpaired) electrons. The van der Waals surface area contributed by atoms with Crippen molar-refractivity contribution in [1.82, 2.24) is 9.88 Å². The summed E-state index contributed by atoms with van der Waals surface area (Å²) in [4.78, 5) is 6.42. The zero-order valence-electron chi connectivity index (χ0n) is 12.2. The molecule has 0 saturated carbocycles. The fraction of sp³-hybridized carbons (Fsp3) is 0.353. The summed E-state index contributed by atoms with van der Waals surface area (Å²) in [6, 6.07) is 12.1. The Labute approximate surface area is 125 Å². The summed E-state index contributed by atoms with van der Waals surface area (Å²) in [7, 11) is 1.70. The van der Waals surface area contributed by atoms with Crippen molar-refractivity contribution in [3.8, 4) is 11.5 Å². The molecule has 3 rings (SSSR count). The smallest absolute Gasteiger partial charge is 0.122 e. The number of ether oxygens (including phenoxy) is 2. The largest absolute Gasteiger partial charge is 0.497 e. The molecule has 1 saturated heterocycles. The molecule has 0 amide bonds. The average Bonchev–Trinajstić information content (AvgIpc) is 2.95. The molecule has 21 heavy (non-hydrogen) atoms. The van der Waals surface area contributed by atoms with Crippen LogP contribution in [0.1, 0.15) is 12.0 Å². The summed E-state index contributed by atoms with van der Waals surface area (Å²) in [5, 5.41) is 0. The molecule has 1 aliphatic heterocycles. The standard InChI is InChI=1S/C17H20N2O2/c1-20-16-4-2-3-14(11-16)12-19-10-7-17(13-19)21-15-5-8-18-9-6-15/h2-6,8-9,11,17H,7,10,12-13H2,1H3/t17-/m0/s1. The first-order valence-corrected chi connectivity index (χ1v) is 7.25. The maximum absolute atomic E-state index is 5.98. The van der Waals surface area contributed by atoms with Gasteiger partial charge in [-0.2, -0.15) is 0 Å². The van der Waals surface area contributed by atoms with Gasteiger partial charge < -0.3 is 9.47 Å². The lowest BCUT2D eigenvalue weighted by molar-refractivity contribution is 0.198. The number of benzene rings is 1. The number of aromatic nitrogens is 1. The number of methoxy groups -OCH3 is 1. The first-order valence-electron chi connectivity index (χ1n) is 7.25. The van der Waals surface area contributed by atoms with Crippen molar-refractivity contribution in [2.45, 2.75) is 19.1 Å². The number of likely N-dealkylation sites (tertiary alicyclic amines) is 1. The summed E-state index contributed by atoms with van der Waals surface area (Å²) >= 11 is 0. The van der Waals surface area contributed by atoms with Gasteiger partial charge in [-0.1, -0.05) is 12.1 Å². The number of hydrogen-bond acceptors (Lipinski definition) is 4. The summed E-state index contributed by atoms with van der Waals surface area (Å²) in [6.07, 6.45) is 4.85. The van der Waals surface area contributed by atoms with Crippen LogP contribution in [-0.4, -0.2) is 36.2 Å². The predicted molar refractivity (Wildman–Crippen MR) is 81.5 cm³/mol. The fourth-order valence-electron chi connectivity index (χ4n) is 2.68. The molecular weight excluding hydrogens is 264 g/mol. The van der Waals surface area contributed by atoms with Gasteiger partial charge in [0.15, 0.2) is 0 Å². The van der Waals surface area contributed by atoms with E-state index in [-0.39, 0.29) is 6.10 Å².